The molecule has 2 aliphatic rings. The van der Waals surface area contributed by atoms with Crippen LogP contribution in [0.15, 0.2) is 48.5 Å². The summed E-state index contributed by atoms with van der Waals surface area (Å²) in [5, 5.41) is 1.07. The molecule has 2 fully saturated rings. The number of fused-ring (bicyclic) bond motifs is 1. The molecule has 0 spiro atoms. The Morgan fingerprint density at radius 2 is 1.74 bits per heavy atom. The first-order valence-electron chi connectivity index (χ1n) is 10.9. The smallest absolute Gasteiger partial charge is 0.339 e. The summed E-state index contributed by atoms with van der Waals surface area (Å²) in [4.78, 5) is 58.5. The van der Waals surface area contributed by atoms with Crippen molar-refractivity contribution in [2.24, 2.45) is 0 Å². The molecule has 2 aliphatic heterocycles. The van der Waals surface area contributed by atoms with Gasteiger partial charge >= 0.3 is 17.8 Å². The fourth-order valence-electron chi connectivity index (χ4n) is 4.28. The maximum atomic E-state index is 12.9. The maximum Gasteiger partial charge on any atom is 0.339 e. The van der Waals surface area contributed by atoms with Crippen molar-refractivity contribution in [1.82, 2.24) is 14.8 Å². The molecule has 3 heterocycles. The van der Waals surface area contributed by atoms with Gasteiger partial charge in [0.05, 0.1) is 28.0 Å². The summed E-state index contributed by atoms with van der Waals surface area (Å²) >= 11 is 1.68. The Kier molecular flexibility index (Phi) is 5.74. The van der Waals surface area contributed by atoms with Crippen LogP contribution >= 0.6 is 11.3 Å². The Balaban J connectivity index is 1.22. The number of urea groups is 1. The van der Waals surface area contributed by atoms with Crippen LogP contribution in [-0.2, 0) is 14.4 Å². The van der Waals surface area contributed by atoms with Crippen molar-refractivity contribution in [3.05, 3.63) is 53.5 Å². The normalized spacial score (nSPS) is 17.2. The van der Waals surface area contributed by atoms with Gasteiger partial charge in [-0.25, -0.2) is 19.6 Å². The average molecular weight is 479 g/mol. The number of ether oxygens (including phenoxy) is 1. The molecule has 3 aromatic rings. The number of thiazole rings is 1. The Morgan fingerprint density at radius 3 is 2.41 bits per heavy atom. The number of rotatable bonds is 5. The topological polar surface area (TPSA) is 100 Å². The second-order valence-electron chi connectivity index (χ2n) is 8.19. The van der Waals surface area contributed by atoms with Crippen molar-refractivity contribution >= 4 is 51.0 Å². The molecule has 5 amide bonds. The molecule has 0 radical (unpaired) electrons. The lowest BCUT2D eigenvalue weighted by atomic mass is 9.97. The van der Waals surface area contributed by atoms with E-state index in [-0.39, 0.29) is 17.5 Å². The van der Waals surface area contributed by atoms with Gasteiger partial charge in [0.15, 0.2) is 0 Å². The van der Waals surface area contributed by atoms with Crippen LogP contribution in [0.5, 0.6) is 5.75 Å². The summed E-state index contributed by atoms with van der Waals surface area (Å²) in [6.07, 6.45) is 1.51. The first kappa shape index (κ1) is 22.0. The van der Waals surface area contributed by atoms with Gasteiger partial charge in [0.2, 0.25) is 5.91 Å². The highest BCUT2D eigenvalue weighted by atomic mass is 32.1. The van der Waals surface area contributed by atoms with E-state index < -0.39 is 24.4 Å². The Bertz CT molecular complexity index is 1250. The molecule has 0 aliphatic carbocycles. The highest BCUT2D eigenvalue weighted by Crippen LogP contribution is 2.34. The number of anilines is 1. The quantitative estimate of drug-likeness (QED) is 0.413. The number of hydrogen-bond acceptors (Lipinski definition) is 7. The number of hydrogen-bond donors (Lipinski definition) is 0. The summed E-state index contributed by atoms with van der Waals surface area (Å²) in [5.74, 6) is -1.51. The molecule has 0 N–H and O–H groups in total. The van der Waals surface area contributed by atoms with Gasteiger partial charge in [-0.2, -0.15) is 0 Å². The lowest BCUT2D eigenvalue weighted by molar-refractivity contribution is -0.142. The predicted molar refractivity (Wildman–Crippen MR) is 126 cm³/mol. The second-order valence-corrected chi connectivity index (χ2v) is 9.25. The van der Waals surface area contributed by atoms with Crippen LogP contribution in [-0.4, -0.2) is 65.3 Å². The third kappa shape index (κ3) is 3.90. The Morgan fingerprint density at radius 1 is 1.03 bits per heavy atom. The van der Waals surface area contributed by atoms with Crippen molar-refractivity contribution in [1.29, 1.82) is 0 Å². The first-order chi connectivity index (χ1) is 16.5. The van der Waals surface area contributed by atoms with Gasteiger partial charge in [-0.3, -0.25) is 14.4 Å². The summed E-state index contributed by atoms with van der Waals surface area (Å²) in [6, 6.07) is 13.4. The molecule has 2 saturated heterocycles. The highest BCUT2D eigenvalue weighted by molar-refractivity contribution is 7.18. The van der Waals surface area contributed by atoms with Gasteiger partial charge in [0.25, 0.3) is 0 Å². The Labute approximate surface area is 199 Å². The minimum Gasteiger partial charge on any atom is -0.497 e. The predicted octanol–water partition coefficient (Wildman–Crippen LogP) is 3.01. The largest absolute Gasteiger partial charge is 0.497 e. The van der Waals surface area contributed by atoms with Gasteiger partial charge in [-0.1, -0.05) is 12.1 Å². The highest BCUT2D eigenvalue weighted by Gasteiger charge is 2.46. The molecule has 0 bridgehead atoms. The fourth-order valence-corrected chi connectivity index (χ4v) is 5.42. The number of carbonyl (C=O) groups is 4. The van der Waals surface area contributed by atoms with E-state index in [1.165, 1.54) is 19.2 Å². The fraction of sp³-hybridized carbons (Fsp3) is 0.292. The lowest BCUT2D eigenvalue weighted by Crippen LogP contribution is -2.46. The van der Waals surface area contributed by atoms with E-state index in [0.29, 0.717) is 23.7 Å². The number of piperidine rings is 1. The van der Waals surface area contributed by atoms with Crippen LogP contribution < -0.4 is 9.64 Å². The van der Waals surface area contributed by atoms with E-state index in [1.54, 1.807) is 28.4 Å². The van der Waals surface area contributed by atoms with Crippen molar-refractivity contribution in [2.75, 3.05) is 31.6 Å². The number of aromatic nitrogens is 1. The van der Waals surface area contributed by atoms with Crippen LogP contribution in [0.1, 0.15) is 23.8 Å². The molecule has 2 aromatic carbocycles. The standard InChI is InChI=1S/C24H22N4O5S/c1-33-17-8-6-16(7-9-17)28-23(31)22(30)27(24(28)32)14-20(29)26-12-10-15(11-13-26)21-25-18-4-2-3-5-19(18)34-21/h2-9,15H,10-14H2,1H3. The molecule has 174 valence electrons. The van der Waals surface area contributed by atoms with Gasteiger partial charge in [-0.05, 0) is 49.2 Å². The number of methoxy groups -OCH3 is 1. The summed E-state index contributed by atoms with van der Waals surface area (Å²) < 4.78 is 6.23. The van der Waals surface area contributed by atoms with E-state index in [4.69, 9.17) is 9.72 Å². The minimum atomic E-state index is -1.00. The van der Waals surface area contributed by atoms with Crippen molar-refractivity contribution in [3.63, 3.8) is 0 Å². The molecule has 10 heteroatoms. The third-order valence-corrected chi connectivity index (χ3v) is 7.38. The van der Waals surface area contributed by atoms with Crippen molar-refractivity contribution in [3.8, 4) is 5.75 Å². The number of likely N-dealkylation sites (tertiary alicyclic amines) is 1. The molecule has 5 rings (SSSR count). The summed E-state index contributed by atoms with van der Waals surface area (Å²) in [5.41, 5.74) is 1.23. The summed E-state index contributed by atoms with van der Waals surface area (Å²) in [7, 11) is 1.50. The van der Waals surface area contributed by atoms with Gasteiger partial charge in [0.1, 0.15) is 12.3 Å². The third-order valence-electron chi connectivity index (χ3n) is 6.18. The van der Waals surface area contributed by atoms with E-state index >= 15 is 0 Å². The Hall–Kier alpha value is -3.79. The zero-order valence-corrected chi connectivity index (χ0v) is 19.3. The molecular weight excluding hydrogens is 456 g/mol. The van der Waals surface area contributed by atoms with Gasteiger partial charge in [0, 0.05) is 19.0 Å². The lowest BCUT2D eigenvalue weighted by Gasteiger charge is -2.31. The van der Waals surface area contributed by atoms with Crippen LogP contribution in [0.25, 0.3) is 10.2 Å². The van der Waals surface area contributed by atoms with Crippen molar-refractivity contribution in [2.45, 2.75) is 18.8 Å². The van der Waals surface area contributed by atoms with Crippen LogP contribution in [0.3, 0.4) is 0 Å². The molecular formula is C24H22N4O5S. The van der Waals surface area contributed by atoms with Crippen LogP contribution in [0.4, 0.5) is 10.5 Å². The molecule has 1 aromatic heterocycles. The number of imide groups is 2. The second kappa shape index (κ2) is 8.86. The molecule has 34 heavy (non-hydrogen) atoms. The summed E-state index contributed by atoms with van der Waals surface area (Å²) in [6.45, 7) is 0.555. The van der Waals surface area contributed by atoms with Crippen molar-refractivity contribution < 1.29 is 23.9 Å². The molecule has 0 saturated carbocycles. The first-order valence-corrected chi connectivity index (χ1v) is 11.7. The van der Waals surface area contributed by atoms with Gasteiger partial charge in [-0.15, -0.1) is 11.3 Å². The zero-order chi connectivity index (χ0) is 23.8. The number of carbonyl (C=O) groups excluding carboxylic acids is 4. The monoisotopic (exact) mass is 478 g/mol. The molecule has 0 unspecified atom stereocenters. The number of benzene rings is 2. The van der Waals surface area contributed by atoms with E-state index in [0.717, 1.165) is 33.0 Å². The van der Waals surface area contributed by atoms with Crippen LogP contribution in [0, 0.1) is 0 Å². The van der Waals surface area contributed by atoms with E-state index in [9.17, 15) is 19.2 Å². The SMILES string of the molecule is COc1ccc(N2C(=O)C(=O)N(CC(=O)N3CCC(c4nc5ccccc5s4)CC3)C2=O)cc1. The number of nitrogens with zero attached hydrogens (tertiary/aromatic N) is 4. The van der Waals surface area contributed by atoms with E-state index in [1.807, 2.05) is 18.2 Å². The van der Waals surface area contributed by atoms with Crippen LogP contribution in [0.2, 0.25) is 0 Å². The van der Waals surface area contributed by atoms with Gasteiger partial charge < -0.3 is 9.64 Å². The number of para-hydroxylation sites is 1. The zero-order valence-electron chi connectivity index (χ0n) is 18.5. The maximum absolute atomic E-state index is 12.9. The number of amides is 5. The van der Waals surface area contributed by atoms with E-state index in [2.05, 4.69) is 6.07 Å². The average Bonchev–Trinajstić information content (AvgIpc) is 3.39. The molecule has 0 atom stereocenters. The molecule has 9 nitrogen and oxygen atoms in total. The minimum absolute atomic E-state index is 0.246.